The first-order valence-electron chi connectivity index (χ1n) is 8.18. The fourth-order valence-electron chi connectivity index (χ4n) is 2.81. The number of aromatic amines is 1. The molecule has 0 bridgehead atoms. The van der Waals surface area contributed by atoms with Crippen molar-refractivity contribution in [3.05, 3.63) is 74.5 Å². The molecule has 0 aliphatic carbocycles. The molecule has 3 heterocycles. The summed E-state index contributed by atoms with van der Waals surface area (Å²) in [5.74, 6) is 0. The minimum absolute atomic E-state index is 0.0196. The summed E-state index contributed by atoms with van der Waals surface area (Å²) in [6, 6.07) is 12.8. The molecule has 0 atom stereocenters. The summed E-state index contributed by atoms with van der Waals surface area (Å²) in [4.78, 5) is 35.1. The number of nitrogens with zero attached hydrogens (tertiary/aromatic N) is 2. The number of nitrogens with one attached hydrogen (secondary N) is 1. The van der Waals surface area contributed by atoms with E-state index in [1.165, 1.54) is 6.07 Å². The third-order valence-corrected chi connectivity index (χ3v) is 4.07. The number of hydrogen-bond donors (Lipinski definition) is 1. The van der Waals surface area contributed by atoms with Crippen LogP contribution in [0, 0.1) is 0 Å². The molecular formula is C19H15N3O4. The SMILES string of the molecule is CCc1cc(=O)oc2nc(OCc3ccc4ccccc4n3)[nH]c(=O)c12. The van der Waals surface area contributed by atoms with E-state index in [1.54, 1.807) is 0 Å². The Balaban J connectivity index is 1.66. The first kappa shape index (κ1) is 16.0. The zero-order valence-corrected chi connectivity index (χ0v) is 14.0. The Kier molecular flexibility index (Phi) is 3.96. The van der Waals surface area contributed by atoms with Gasteiger partial charge in [0.1, 0.15) is 12.0 Å². The smallest absolute Gasteiger partial charge is 0.337 e. The molecule has 1 aromatic carbocycles. The van der Waals surface area contributed by atoms with Crippen molar-refractivity contribution in [2.45, 2.75) is 20.0 Å². The fourth-order valence-corrected chi connectivity index (χ4v) is 2.81. The van der Waals surface area contributed by atoms with Crippen LogP contribution in [0.4, 0.5) is 0 Å². The molecule has 0 unspecified atom stereocenters. The number of hydrogen-bond acceptors (Lipinski definition) is 6. The predicted octanol–water partition coefficient (Wildman–Crippen LogP) is 2.57. The van der Waals surface area contributed by atoms with E-state index in [0.29, 0.717) is 17.7 Å². The molecular weight excluding hydrogens is 334 g/mol. The molecule has 0 fully saturated rings. The van der Waals surface area contributed by atoms with Crippen LogP contribution in [0.5, 0.6) is 6.01 Å². The number of ether oxygens (including phenoxy) is 1. The molecule has 4 rings (SSSR count). The van der Waals surface area contributed by atoms with Crippen LogP contribution >= 0.6 is 0 Å². The third-order valence-electron chi connectivity index (χ3n) is 4.07. The Morgan fingerprint density at radius 3 is 2.81 bits per heavy atom. The van der Waals surface area contributed by atoms with Gasteiger partial charge in [0.25, 0.3) is 11.6 Å². The summed E-state index contributed by atoms with van der Waals surface area (Å²) in [5.41, 5.74) is 1.15. The molecule has 0 radical (unpaired) electrons. The Bertz CT molecular complexity index is 1230. The normalized spacial score (nSPS) is 11.1. The van der Waals surface area contributed by atoms with Crippen molar-refractivity contribution in [3.63, 3.8) is 0 Å². The zero-order valence-electron chi connectivity index (χ0n) is 14.0. The van der Waals surface area contributed by atoms with Gasteiger partial charge in [-0.3, -0.25) is 9.78 Å². The first-order chi connectivity index (χ1) is 12.6. The molecule has 7 nitrogen and oxygen atoms in total. The van der Waals surface area contributed by atoms with Crippen LogP contribution in [-0.4, -0.2) is 15.0 Å². The number of benzene rings is 1. The van der Waals surface area contributed by atoms with E-state index < -0.39 is 11.2 Å². The minimum Gasteiger partial charge on any atom is -0.458 e. The van der Waals surface area contributed by atoms with Crippen molar-refractivity contribution < 1.29 is 9.15 Å². The van der Waals surface area contributed by atoms with Gasteiger partial charge in [-0.15, -0.1) is 0 Å². The molecule has 7 heteroatoms. The van der Waals surface area contributed by atoms with E-state index in [9.17, 15) is 9.59 Å². The van der Waals surface area contributed by atoms with Gasteiger partial charge >= 0.3 is 5.63 Å². The summed E-state index contributed by atoms with van der Waals surface area (Å²) in [6.07, 6.45) is 0.522. The van der Waals surface area contributed by atoms with E-state index in [2.05, 4.69) is 15.0 Å². The summed E-state index contributed by atoms with van der Waals surface area (Å²) in [7, 11) is 0. The molecule has 26 heavy (non-hydrogen) atoms. The van der Waals surface area contributed by atoms with Crippen molar-refractivity contribution in [3.8, 4) is 6.01 Å². The number of aromatic nitrogens is 3. The number of fused-ring (bicyclic) bond motifs is 2. The van der Waals surface area contributed by atoms with Crippen molar-refractivity contribution in [1.82, 2.24) is 15.0 Å². The number of para-hydroxylation sites is 1. The van der Waals surface area contributed by atoms with Crippen LogP contribution in [0.15, 0.2) is 56.5 Å². The van der Waals surface area contributed by atoms with Crippen molar-refractivity contribution >= 4 is 22.0 Å². The van der Waals surface area contributed by atoms with E-state index in [4.69, 9.17) is 9.15 Å². The molecule has 0 aliphatic rings. The molecule has 1 N–H and O–H groups in total. The summed E-state index contributed by atoms with van der Waals surface area (Å²) in [6.45, 7) is 1.97. The maximum Gasteiger partial charge on any atom is 0.337 e. The Morgan fingerprint density at radius 2 is 1.96 bits per heavy atom. The summed E-state index contributed by atoms with van der Waals surface area (Å²) < 4.78 is 10.6. The lowest BCUT2D eigenvalue weighted by Gasteiger charge is -2.07. The van der Waals surface area contributed by atoms with Crippen molar-refractivity contribution in [2.75, 3.05) is 0 Å². The maximum absolute atomic E-state index is 12.3. The largest absolute Gasteiger partial charge is 0.458 e. The van der Waals surface area contributed by atoms with Crippen molar-refractivity contribution in [2.24, 2.45) is 0 Å². The highest BCUT2D eigenvalue weighted by molar-refractivity contribution is 5.78. The monoisotopic (exact) mass is 349 g/mol. The van der Waals surface area contributed by atoms with Gasteiger partial charge in [-0.05, 0) is 24.1 Å². The van der Waals surface area contributed by atoms with Gasteiger partial charge in [0.15, 0.2) is 0 Å². The van der Waals surface area contributed by atoms with Crippen LogP contribution < -0.4 is 15.9 Å². The highest BCUT2D eigenvalue weighted by atomic mass is 16.5. The highest BCUT2D eigenvalue weighted by Crippen LogP contribution is 2.15. The van der Waals surface area contributed by atoms with Gasteiger partial charge in [0.2, 0.25) is 5.71 Å². The second kappa shape index (κ2) is 6.44. The van der Waals surface area contributed by atoms with Gasteiger partial charge in [0.05, 0.1) is 11.2 Å². The van der Waals surface area contributed by atoms with Crippen molar-refractivity contribution in [1.29, 1.82) is 0 Å². The van der Waals surface area contributed by atoms with Gasteiger partial charge in [-0.2, -0.15) is 4.98 Å². The van der Waals surface area contributed by atoms with E-state index in [-0.39, 0.29) is 23.7 Å². The Morgan fingerprint density at radius 1 is 1.12 bits per heavy atom. The van der Waals surface area contributed by atoms with E-state index >= 15 is 0 Å². The number of H-pyrrole nitrogens is 1. The predicted molar refractivity (Wildman–Crippen MR) is 96.4 cm³/mol. The molecule has 0 amide bonds. The second-order valence-corrected chi connectivity index (χ2v) is 5.78. The average molecular weight is 349 g/mol. The van der Waals surface area contributed by atoms with Gasteiger partial charge in [0, 0.05) is 11.5 Å². The van der Waals surface area contributed by atoms with Crippen LogP contribution in [0.25, 0.3) is 22.0 Å². The fraction of sp³-hybridized carbons (Fsp3) is 0.158. The molecule has 0 spiro atoms. The Labute approximate surface area is 147 Å². The molecule has 3 aromatic heterocycles. The molecule has 0 saturated carbocycles. The average Bonchev–Trinajstić information content (AvgIpc) is 2.65. The Hall–Kier alpha value is -3.48. The number of aryl methyl sites for hydroxylation is 1. The van der Waals surface area contributed by atoms with E-state index in [1.807, 2.05) is 43.3 Å². The number of rotatable bonds is 4. The van der Waals surface area contributed by atoms with Crippen LogP contribution in [0.1, 0.15) is 18.2 Å². The maximum atomic E-state index is 12.3. The van der Waals surface area contributed by atoms with E-state index in [0.717, 1.165) is 10.9 Å². The van der Waals surface area contributed by atoms with Gasteiger partial charge in [-0.1, -0.05) is 31.2 Å². The van der Waals surface area contributed by atoms with Gasteiger partial charge in [-0.25, -0.2) is 9.78 Å². The lowest BCUT2D eigenvalue weighted by Crippen LogP contribution is -2.15. The second-order valence-electron chi connectivity index (χ2n) is 5.78. The molecule has 130 valence electrons. The van der Waals surface area contributed by atoms with Crippen LogP contribution in [0.3, 0.4) is 0 Å². The molecule has 4 aromatic rings. The van der Waals surface area contributed by atoms with Crippen LogP contribution in [0.2, 0.25) is 0 Å². The molecule has 0 saturated heterocycles. The molecule has 0 aliphatic heterocycles. The van der Waals surface area contributed by atoms with Gasteiger partial charge < -0.3 is 9.15 Å². The standard InChI is InChI=1S/C19H15N3O4/c1-2-11-9-15(23)26-18-16(11)17(24)21-19(22-18)25-10-13-8-7-12-5-3-4-6-14(12)20-13/h3-9H,2,10H2,1H3,(H,21,22,24). The zero-order chi connectivity index (χ0) is 18.1. The lowest BCUT2D eigenvalue weighted by atomic mass is 10.1. The van der Waals surface area contributed by atoms with Crippen LogP contribution in [-0.2, 0) is 13.0 Å². The minimum atomic E-state index is -0.547. The summed E-state index contributed by atoms with van der Waals surface area (Å²) >= 11 is 0. The third kappa shape index (κ3) is 2.95. The topological polar surface area (TPSA) is 98.1 Å². The quantitative estimate of drug-likeness (QED) is 0.608. The lowest BCUT2D eigenvalue weighted by molar-refractivity contribution is 0.275. The first-order valence-corrected chi connectivity index (χ1v) is 8.18. The summed E-state index contributed by atoms with van der Waals surface area (Å²) in [5, 5.41) is 1.30. The number of pyridine rings is 1. The highest BCUT2D eigenvalue weighted by Gasteiger charge is 2.12.